The van der Waals surface area contributed by atoms with E-state index in [0.29, 0.717) is 6.04 Å². The van der Waals surface area contributed by atoms with Crippen LogP contribution in [-0.2, 0) is 6.54 Å². The molecular formula is C14H24N4S. The maximum Gasteiger partial charge on any atom is 0.191 e. The van der Waals surface area contributed by atoms with Crippen LogP contribution in [0.3, 0.4) is 0 Å². The molecule has 0 saturated heterocycles. The van der Waals surface area contributed by atoms with Crippen LogP contribution in [0.15, 0.2) is 21.8 Å². The van der Waals surface area contributed by atoms with Crippen LogP contribution in [0, 0.1) is 5.92 Å². The molecule has 2 rings (SSSR count). The van der Waals surface area contributed by atoms with E-state index in [0.717, 1.165) is 25.0 Å². The first kappa shape index (κ1) is 14.3. The van der Waals surface area contributed by atoms with Gasteiger partial charge in [0.25, 0.3) is 0 Å². The molecule has 2 N–H and O–H groups in total. The fourth-order valence-electron chi connectivity index (χ4n) is 2.25. The lowest BCUT2D eigenvalue weighted by molar-refractivity contribution is 0.264. The molecule has 1 aliphatic rings. The van der Waals surface area contributed by atoms with E-state index in [-0.39, 0.29) is 0 Å². The van der Waals surface area contributed by atoms with Gasteiger partial charge in [0.15, 0.2) is 5.96 Å². The van der Waals surface area contributed by atoms with Crippen LogP contribution in [0.25, 0.3) is 0 Å². The molecule has 1 heterocycles. The second-order valence-corrected chi connectivity index (χ2v) is 6.09. The van der Waals surface area contributed by atoms with Gasteiger partial charge < -0.3 is 15.5 Å². The predicted molar refractivity (Wildman–Crippen MR) is 82.7 cm³/mol. The Morgan fingerprint density at radius 2 is 2.26 bits per heavy atom. The average molecular weight is 280 g/mol. The Morgan fingerprint density at radius 1 is 1.47 bits per heavy atom. The van der Waals surface area contributed by atoms with Gasteiger partial charge in [-0.3, -0.25) is 4.99 Å². The van der Waals surface area contributed by atoms with Gasteiger partial charge in [-0.2, -0.15) is 11.3 Å². The molecule has 4 nitrogen and oxygen atoms in total. The van der Waals surface area contributed by atoms with Gasteiger partial charge in [0, 0.05) is 26.2 Å². The summed E-state index contributed by atoms with van der Waals surface area (Å²) in [4.78, 5) is 6.59. The number of nitrogens with one attached hydrogen (secondary N) is 2. The Morgan fingerprint density at radius 3 is 2.79 bits per heavy atom. The molecule has 1 atom stereocenters. The molecule has 1 unspecified atom stereocenters. The van der Waals surface area contributed by atoms with Crippen LogP contribution in [0.4, 0.5) is 0 Å². The fourth-order valence-corrected chi connectivity index (χ4v) is 2.92. The van der Waals surface area contributed by atoms with Crippen molar-refractivity contribution >= 4 is 17.3 Å². The lowest BCUT2D eigenvalue weighted by Crippen LogP contribution is -2.45. The van der Waals surface area contributed by atoms with Gasteiger partial charge in [0.1, 0.15) is 0 Å². The Kier molecular flexibility index (Phi) is 5.22. The molecule has 1 aliphatic carbocycles. The summed E-state index contributed by atoms with van der Waals surface area (Å²) in [7, 11) is 6.14. The highest BCUT2D eigenvalue weighted by Gasteiger charge is 2.32. The highest BCUT2D eigenvalue weighted by Crippen LogP contribution is 2.34. The third kappa shape index (κ3) is 4.51. The van der Waals surface area contributed by atoms with E-state index >= 15 is 0 Å². The normalized spacial score (nSPS) is 17.6. The average Bonchev–Trinajstić information content (AvgIpc) is 3.08. The minimum Gasteiger partial charge on any atom is -0.355 e. The molecule has 106 valence electrons. The summed E-state index contributed by atoms with van der Waals surface area (Å²) in [5, 5.41) is 11.0. The van der Waals surface area contributed by atoms with Gasteiger partial charge in [-0.25, -0.2) is 0 Å². The molecule has 1 fully saturated rings. The first-order valence-electron chi connectivity index (χ1n) is 6.82. The Hall–Kier alpha value is -1.07. The lowest BCUT2D eigenvalue weighted by Gasteiger charge is -2.25. The van der Waals surface area contributed by atoms with E-state index < -0.39 is 0 Å². The first-order chi connectivity index (χ1) is 9.20. The Labute approximate surface area is 119 Å². The van der Waals surface area contributed by atoms with E-state index in [1.54, 1.807) is 11.3 Å². The third-order valence-corrected chi connectivity index (χ3v) is 4.30. The molecule has 0 bridgehead atoms. The van der Waals surface area contributed by atoms with E-state index in [1.807, 2.05) is 7.05 Å². The van der Waals surface area contributed by atoms with Crippen molar-refractivity contribution in [2.45, 2.75) is 25.4 Å². The molecule has 0 aliphatic heterocycles. The van der Waals surface area contributed by atoms with Gasteiger partial charge >= 0.3 is 0 Å². The second-order valence-electron chi connectivity index (χ2n) is 5.31. The van der Waals surface area contributed by atoms with Crippen LogP contribution in [0.2, 0.25) is 0 Å². The maximum absolute atomic E-state index is 4.28. The smallest absolute Gasteiger partial charge is 0.191 e. The standard InChI is InChI=1S/C14H24N4S/c1-15-14(16-8-11-6-7-19-10-11)17-9-13(18(2)3)12-4-5-12/h6-7,10,12-13H,4-5,8-9H2,1-3H3,(H2,15,16,17). The van der Waals surface area contributed by atoms with Crippen molar-refractivity contribution in [3.63, 3.8) is 0 Å². The number of hydrogen-bond acceptors (Lipinski definition) is 3. The topological polar surface area (TPSA) is 39.7 Å². The zero-order chi connectivity index (χ0) is 13.7. The van der Waals surface area contributed by atoms with E-state index in [2.05, 4.69) is 51.4 Å². The summed E-state index contributed by atoms with van der Waals surface area (Å²) in [6.07, 6.45) is 2.73. The molecule has 0 spiro atoms. The summed E-state index contributed by atoms with van der Waals surface area (Å²) >= 11 is 1.73. The number of likely N-dealkylation sites (N-methyl/N-ethyl adjacent to an activating group) is 1. The summed E-state index contributed by atoms with van der Waals surface area (Å²) in [6, 6.07) is 2.75. The first-order valence-corrected chi connectivity index (χ1v) is 7.77. The number of guanidine groups is 1. The summed E-state index contributed by atoms with van der Waals surface area (Å²) < 4.78 is 0. The molecule has 1 aromatic heterocycles. The number of thiophene rings is 1. The van der Waals surface area contributed by atoms with Gasteiger partial charge in [0.2, 0.25) is 0 Å². The minimum absolute atomic E-state index is 0.611. The highest BCUT2D eigenvalue weighted by molar-refractivity contribution is 7.07. The van der Waals surface area contributed by atoms with Crippen molar-refractivity contribution in [1.82, 2.24) is 15.5 Å². The molecule has 1 saturated carbocycles. The number of aliphatic imine (C=N–C) groups is 1. The number of rotatable bonds is 6. The number of hydrogen-bond donors (Lipinski definition) is 2. The maximum atomic E-state index is 4.28. The van der Waals surface area contributed by atoms with Crippen molar-refractivity contribution in [2.24, 2.45) is 10.9 Å². The fraction of sp³-hybridized carbons (Fsp3) is 0.643. The molecule has 0 amide bonds. The SMILES string of the molecule is CN=C(NCc1ccsc1)NCC(C1CC1)N(C)C. The van der Waals surface area contributed by atoms with Crippen molar-refractivity contribution < 1.29 is 0 Å². The highest BCUT2D eigenvalue weighted by atomic mass is 32.1. The largest absolute Gasteiger partial charge is 0.355 e. The van der Waals surface area contributed by atoms with E-state index in [4.69, 9.17) is 0 Å². The van der Waals surface area contributed by atoms with Crippen LogP contribution < -0.4 is 10.6 Å². The van der Waals surface area contributed by atoms with Gasteiger partial charge in [-0.1, -0.05) is 0 Å². The predicted octanol–water partition coefficient (Wildman–Crippen LogP) is 1.75. The van der Waals surface area contributed by atoms with Gasteiger partial charge in [-0.05, 0) is 55.2 Å². The van der Waals surface area contributed by atoms with Crippen molar-refractivity contribution in [2.75, 3.05) is 27.7 Å². The van der Waals surface area contributed by atoms with Crippen molar-refractivity contribution in [3.8, 4) is 0 Å². The van der Waals surface area contributed by atoms with Crippen LogP contribution in [0.1, 0.15) is 18.4 Å². The zero-order valence-corrected chi connectivity index (χ0v) is 12.8. The molecule has 0 radical (unpaired) electrons. The van der Waals surface area contributed by atoms with Crippen molar-refractivity contribution in [1.29, 1.82) is 0 Å². The summed E-state index contributed by atoms with van der Waals surface area (Å²) in [6.45, 7) is 1.79. The van der Waals surface area contributed by atoms with Crippen LogP contribution >= 0.6 is 11.3 Å². The van der Waals surface area contributed by atoms with Crippen LogP contribution in [-0.4, -0.2) is 44.6 Å². The molecule has 1 aromatic rings. The van der Waals surface area contributed by atoms with E-state index in [1.165, 1.54) is 18.4 Å². The monoisotopic (exact) mass is 280 g/mol. The Balaban J connectivity index is 1.75. The number of nitrogens with zero attached hydrogens (tertiary/aromatic N) is 2. The third-order valence-electron chi connectivity index (χ3n) is 3.57. The molecule has 19 heavy (non-hydrogen) atoms. The molecule has 0 aromatic carbocycles. The van der Waals surface area contributed by atoms with Crippen LogP contribution in [0.5, 0.6) is 0 Å². The minimum atomic E-state index is 0.611. The lowest BCUT2D eigenvalue weighted by atomic mass is 10.1. The van der Waals surface area contributed by atoms with Gasteiger partial charge in [0.05, 0.1) is 0 Å². The second kappa shape index (κ2) is 6.91. The summed E-state index contributed by atoms with van der Waals surface area (Å²) in [5.74, 6) is 1.75. The van der Waals surface area contributed by atoms with Gasteiger partial charge in [-0.15, -0.1) is 0 Å². The van der Waals surface area contributed by atoms with E-state index in [9.17, 15) is 0 Å². The van der Waals surface area contributed by atoms with Crippen molar-refractivity contribution in [3.05, 3.63) is 22.4 Å². The Bertz CT molecular complexity index is 394. The summed E-state index contributed by atoms with van der Waals surface area (Å²) in [5.41, 5.74) is 1.30. The molecular weight excluding hydrogens is 256 g/mol. The molecule has 5 heteroatoms. The zero-order valence-electron chi connectivity index (χ0n) is 12.0. The quantitative estimate of drug-likeness (QED) is 0.616.